The molecular weight excluding hydrogens is 527 g/mol. The molecule has 0 spiro atoms. The third-order valence-corrected chi connectivity index (χ3v) is 8.27. The first-order valence-electron chi connectivity index (χ1n) is 12.4. The number of amides is 1. The summed E-state index contributed by atoms with van der Waals surface area (Å²) in [6.07, 6.45) is 0.451. The Bertz CT molecular complexity index is 1510. The summed E-state index contributed by atoms with van der Waals surface area (Å²) < 4.78 is 65.2. The van der Waals surface area contributed by atoms with Gasteiger partial charge in [-0.2, -0.15) is 0 Å². The molecule has 3 aromatic carbocycles. The first-order valence-corrected chi connectivity index (χ1v) is 13.8. The van der Waals surface area contributed by atoms with E-state index in [-0.39, 0.29) is 22.9 Å². The van der Waals surface area contributed by atoms with Crippen LogP contribution in [0.3, 0.4) is 0 Å². The molecule has 1 N–H and O–H groups in total. The van der Waals surface area contributed by atoms with Crippen molar-refractivity contribution in [2.24, 2.45) is 0 Å². The van der Waals surface area contributed by atoms with E-state index in [1.165, 1.54) is 36.4 Å². The number of sulfonamides is 1. The van der Waals surface area contributed by atoms with Crippen LogP contribution in [0.15, 0.2) is 65.6 Å². The summed E-state index contributed by atoms with van der Waals surface area (Å²) >= 11 is 0. The fourth-order valence-electron chi connectivity index (χ4n) is 4.72. The van der Waals surface area contributed by atoms with Crippen LogP contribution in [0.2, 0.25) is 0 Å². The minimum absolute atomic E-state index is 0.0116. The quantitative estimate of drug-likeness (QED) is 0.465. The number of ether oxygens (including phenoxy) is 4. The van der Waals surface area contributed by atoms with Crippen LogP contribution in [0.1, 0.15) is 31.9 Å². The second kappa shape index (κ2) is 10.3. The Kier molecular flexibility index (Phi) is 7.02. The van der Waals surface area contributed by atoms with Crippen LogP contribution < -0.4 is 28.6 Å². The highest BCUT2D eigenvalue weighted by Gasteiger charge is 2.36. The SMILES string of the molecule is COc1ccc2c(c1)OC(C)(C)CC2NC(=O)CN(c1cccc(F)c1)S(=O)(=O)c1ccc2c(c1)OCCO2. The summed E-state index contributed by atoms with van der Waals surface area (Å²) in [6, 6.07) is 14.2. The molecule has 5 rings (SSSR count). The van der Waals surface area contributed by atoms with Crippen LogP contribution in [0, 0.1) is 5.82 Å². The molecule has 39 heavy (non-hydrogen) atoms. The number of benzene rings is 3. The molecule has 3 aromatic rings. The molecule has 0 aromatic heterocycles. The second-order valence-electron chi connectivity index (χ2n) is 9.89. The molecule has 2 heterocycles. The number of carbonyl (C=O) groups is 1. The van der Waals surface area contributed by atoms with Crippen molar-refractivity contribution in [3.8, 4) is 23.0 Å². The number of halogens is 1. The van der Waals surface area contributed by atoms with Crippen LogP contribution in [-0.2, 0) is 14.8 Å². The Hall–Kier alpha value is -3.99. The molecule has 206 valence electrons. The fourth-order valence-corrected chi connectivity index (χ4v) is 6.14. The van der Waals surface area contributed by atoms with Crippen molar-refractivity contribution < 1.29 is 36.6 Å². The maximum Gasteiger partial charge on any atom is 0.264 e. The Morgan fingerprint density at radius 3 is 2.56 bits per heavy atom. The van der Waals surface area contributed by atoms with Crippen molar-refractivity contribution in [3.63, 3.8) is 0 Å². The van der Waals surface area contributed by atoms with E-state index in [1.807, 2.05) is 19.9 Å². The molecule has 1 atom stereocenters. The van der Waals surface area contributed by atoms with Crippen LogP contribution in [0.4, 0.5) is 10.1 Å². The van der Waals surface area contributed by atoms with Gasteiger partial charge in [-0.15, -0.1) is 0 Å². The number of anilines is 1. The topological polar surface area (TPSA) is 103 Å². The maximum absolute atomic E-state index is 14.2. The minimum Gasteiger partial charge on any atom is -0.497 e. The minimum atomic E-state index is -4.30. The van der Waals surface area contributed by atoms with E-state index in [4.69, 9.17) is 18.9 Å². The zero-order valence-electron chi connectivity index (χ0n) is 21.8. The lowest BCUT2D eigenvalue weighted by atomic mass is 9.89. The number of methoxy groups -OCH3 is 1. The zero-order valence-corrected chi connectivity index (χ0v) is 22.6. The Balaban J connectivity index is 1.46. The van der Waals surface area contributed by atoms with Crippen LogP contribution in [0.25, 0.3) is 0 Å². The molecular formula is C28H29FN2O7S. The van der Waals surface area contributed by atoms with Gasteiger partial charge in [0.2, 0.25) is 5.91 Å². The lowest BCUT2D eigenvalue weighted by Crippen LogP contribution is -2.45. The van der Waals surface area contributed by atoms with E-state index in [2.05, 4.69) is 5.32 Å². The van der Waals surface area contributed by atoms with Crippen molar-refractivity contribution in [2.45, 2.75) is 36.8 Å². The van der Waals surface area contributed by atoms with E-state index in [9.17, 15) is 17.6 Å². The predicted molar refractivity (Wildman–Crippen MR) is 142 cm³/mol. The summed E-state index contributed by atoms with van der Waals surface area (Å²) in [5.41, 5.74) is 0.157. The number of nitrogens with zero attached hydrogens (tertiary/aromatic N) is 1. The highest BCUT2D eigenvalue weighted by atomic mass is 32.2. The van der Waals surface area contributed by atoms with E-state index in [0.717, 1.165) is 15.9 Å². The number of rotatable bonds is 7. The van der Waals surface area contributed by atoms with E-state index in [0.29, 0.717) is 30.3 Å². The highest BCUT2D eigenvalue weighted by Crippen LogP contribution is 2.41. The molecule has 11 heteroatoms. The summed E-state index contributed by atoms with van der Waals surface area (Å²) in [4.78, 5) is 13.3. The lowest BCUT2D eigenvalue weighted by Gasteiger charge is -2.38. The summed E-state index contributed by atoms with van der Waals surface area (Å²) in [5.74, 6) is 0.686. The van der Waals surface area contributed by atoms with Gasteiger partial charge in [0.25, 0.3) is 10.0 Å². The molecule has 1 amide bonds. The van der Waals surface area contributed by atoms with Gasteiger partial charge in [0.1, 0.15) is 42.7 Å². The van der Waals surface area contributed by atoms with Crippen molar-refractivity contribution in [3.05, 3.63) is 72.0 Å². The fraction of sp³-hybridized carbons (Fsp3) is 0.321. The zero-order chi connectivity index (χ0) is 27.8. The van der Waals surface area contributed by atoms with E-state index in [1.54, 1.807) is 19.2 Å². The number of nitrogens with one attached hydrogen (secondary N) is 1. The largest absolute Gasteiger partial charge is 0.497 e. The van der Waals surface area contributed by atoms with Crippen molar-refractivity contribution >= 4 is 21.6 Å². The van der Waals surface area contributed by atoms with Crippen molar-refractivity contribution in [1.82, 2.24) is 5.32 Å². The summed E-state index contributed by atoms with van der Waals surface area (Å²) in [5, 5.41) is 2.95. The molecule has 2 aliphatic heterocycles. The third-order valence-electron chi connectivity index (χ3n) is 6.50. The Morgan fingerprint density at radius 1 is 1.05 bits per heavy atom. The standard InChI is InChI=1S/C28H29FN2O7S/c1-28(2)16-23(22-9-7-20(35-3)14-25(22)38-28)30-27(32)17-31(19-6-4-5-18(29)13-19)39(33,34)21-8-10-24-26(15-21)37-12-11-36-24/h4-10,13-15,23H,11-12,16-17H2,1-3H3,(H,30,32). The molecule has 2 aliphatic rings. The van der Waals surface area contributed by atoms with Crippen LogP contribution >= 0.6 is 0 Å². The van der Waals surface area contributed by atoms with Gasteiger partial charge >= 0.3 is 0 Å². The van der Waals surface area contributed by atoms with E-state index >= 15 is 0 Å². The maximum atomic E-state index is 14.2. The van der Waals surface area contributed by atoms with Gasteiger partial charge in [0, 0.05) is 24.1 Å². The third kappa shape index (κ3) is 5.58. The first-order chi connectivity index (χ1) is 18.6. The highest BCUT2D eigenvalue weighted by molar-refractivity contribution is 7.92. The van der Waals surface area contributed by atoms with Crippen LogP contribution in [0.5, 0.6) is 23.0 Å². The summed E-state index contributed by atoms with van der Waals surface area (Å²) in [7, 11) is -2.75. The van der Waals surface area contributed by atoms with Crippen molar-refractivity contribution in [2.75, 3.05) is 31.2 Å². The van der Waals surface area contributed by atoms with E-state index < -0.39 is 39.9 Å². The smallest absolute Gasteiger partial charge is 0.264 e. The van der Waals surface area contributed by atoms with Gasteiger partial charge in [0.05, 0.1) is 23.7 Å². The number of fused-ring (bicyclic) bond motifs is 2. The first kappa shape index (κ1) is 26.6. The van der Waals surface area contributed by atoms with Gasteiger partial charge in [-0.3, -0.25) is 9.10 Å². The normalized spacial score (nSPS) is 17.4. The average molecular weight is 557 g/mol. The van der Waals surface area contributed by atoms with Gasteiger partial charge in [-0.05, 0) is 56.3 Å². The monoisotopic (exact) mass is 556 g/mol. The van der Waals surface area contributed by atoms with Crippen molar-refractivity contribution in [1.29, 1.82) is 0 Å². The van der Waals surface area contributed by atoms with Gasteiger partial charge < -0.3 is 24.3 Å². The Labute approximate surface area is 226 Å². The summed E-state index contributed by atoms with van der Waals surface area (Å²) in [6.45, 7) is 3.86. The molecule has 0 saturated carbocycles. The predicted octanol–water partition coefficient (Wildman–Crippen LogP) is 4.22. The van der Waals surface area contributed by atoms with Gasteiger partial charge in [-0.25, -0.2) is 12.8 Å². The number of hydrogen-bond donors (Lipinski definition) is 1. The molecule has 0 fully saturated rings. The number of carbonyl (C=O) groups excluding carboxylic acids is 1. The molecule has 1 unspecified atom stereocenters. The molecule has 0 saturated heterocycles. The van der Waals surface area contributed by atoms with Crippen LogP contribution in [-0.4, -0.2) is 46.8 Å². The molecule has 0 bridgehead atoms. The second-order valence-corrected chi connectivity index (χ2v) is 11.7. The molecule has 9 nitrogen and oxygen atoms in total. The molecule has 0 aliphatic carbocycles. The number of hydrogen-bond acceptors (Lipinski definition) is 7. The van der Waals surface area contributed by atoms with Gasteiger partial charge in [-0.1, -0.05) is 6.07 Å². The molecule has 0 radical (unpaired) electrons. The lowest BCUT2D eigenvalue weighted by molar-refractivity contribution is -0.120. The average Bonchev–Trinajstić information content (AvgIpc) is 2.90. The Morgan fingerprint density at radius 2 is 1.82 bits per heavy atom. The van der Waals surface area contributed by atoms with Gasteiger partial charge in [0.15, 0.2) is 11.5 Å².